The van der Waals surface area contributed by atoms with Crippen molar-refractivity contribution >= 4 is 17.5 Å². The first kappa shape index (κ1) is 20.9. The molecule has 1 fully saturated rings. The number of nitrogens with zero attached hydrogens (tertiary/aromatic N) is 1. The van der Waals surface area contributed by atoms with Crippen LogP contribution in [0.2, 0.25) is 0 Å². The van der Waals surface area contributed by atoms with Crippen LogP contribution in [-0.2, 0) is 9.59 Å². The molecule has 1 aliphatic rings. The highest BCUT2D eigenvalue weighted by atomic mass is 16.5. The number of anilines is 1. The minimum Gasteiger partial charge on any atom is -0.497 e. The Hall–Kier alpha value is -2.82. The number of amides is 2. The molecule has 0 bridgehead atoms. The van der Waals surface area contributed by atoms with Crippen molar-refractivity contribution in [3.8, 4) is 5.75 Å². The molecule has 5 nitrogen and oxygen atoms in total. The lowest BCUT2D eigenvalue weighted by Crippen LogP contribution is -2.48. The number of aryl methyl sites for hydroxylation is 1. The SMILES string of the molecule is CCCCNC(=O)C1CCC(=O)N(c2ccc(C)cc2)C1c1ccc(OC)cc1. The highest BCUT2D eigenvalue weighted by molar-refractivity contribution is 5.97. The molecule has 2 unspecified atom stereocenters. The van der Waals surface area contributed by atoms with Gasteiger partial charge in [-0.25, -0.2) is 0 Å². The fourth-order valence-corrected chi connectivity index (χ4v) is 3.88. The number of hydrogen-bond acceptors (Lipinski definition) is 3. The van der Waals surface area contributed by atoms with Gasteiger partial charge in [-0.2, -0.15) is 0 Å². The van der Waals surface area contributed by atoms with Gasteiger partial charge < -0.3 is 15.0 Å². The van der Waals surface area contributed by atoms with E-state index in [4.69, 9.17) is 4.74 Å². The monoisotopic (exact) mass is 394 g/mol. The predicted molar refractivity (Wildman–Crippen MR) is 115 cm³/mol. The summed E-state index contributed by atoms with van der Waals surface area (Å²) < 4.78 is 5.28. The van der Waals surface area contributed by atoms with Crippen molar-refractivity contribution in [1.82, 2.24) is 5.32 Å². The lowest BCUT2D eigenvalue weighted by Gasteiger charge is -2.41. The Morgan fingerprint density at radius 2 is 1.83 bits per heavy atom. The van der Waals surface area contributed by atoms with Crippen molar-refractivity contribution in [2.24, 2.45) is 5.92 Å². The van der Waals surface area contributed by atoms with Crippen LogP contribution in [0.25, 0.3) is 0 Å². The van der Waals surface area contributed by atoms with Crippen LogP contribution in [0.5, 0.6) is 5.75 Å². The predicted octanol–water partition coefficient (Wildman–Crippen LogP) is 4.40. The van der Waals surface area contributed by atoms with Gasteiger partial charge in [-0.05, 0) is 49.6 Å². The molecular weight excluding hydrogens is 364 g/mol. The second-order valence-corrected chi connectivity index (χ2v) is 7.61. The molecule has 1 heterocycles. The average Bonchev–Trinajstić information content (AvgIpc) is 2.74. The summed E-state index contributed by atoms with van der Waals surface area (Å²) in [4.78, 5) is 27.8. The number of methoxy groups -OCH3 is 1. The Kier molecular flexibility index (Phi) is 6.91. The van der Waals surface area contributed by atoms with Gasteiger partial charge in [0.2, 0.25) is 11.8 Å². The number of hydrogen-bond donors (Lipinski definition) is 1. The van der Waals surface area contributed by atoms with Crippen molar-refractivity contribution in [2.75, 3.05) is 18.6 Å². The minimum atomic E-state index is -0.341. The zero-order valence-electron chi connectivity index (χ0n) is 17.5. The van der Waals surface area contributed by atoms with Gasteiger partial charge in [-0.15, -0.1) is 0 Å². The lowest BCUT2D eigenvalue weighted by molar-refractivity contribution is -0.129. The topological polar surface area (TPSA) is 58.6 Å². The van der Waals surface area contributed by atoms with Crippen LogP contribution in [0.15, 0.2) is 48.5 Å². The van der Waals surface area contributed by atoms with Crippen LogP contribution >= 0.6 is 0 Å². The summed E-state index contributed by atoms with van der Waals surface area (Å²) in [5.74, 6) is 0.525. The highest BCUT2D eigenvalue weighted by Gasteiger charge is 2.41. The molecule has 2 atom stereocenters. The fourth-order valence-electron chi connectivity index (χ4n) is 3.88. The molecule has 1 aliphatic heterocycles. The quantitative estimate of drug-likeness (QED) is 0.708. The number of unbranched alkanes of at least 4 members (excludes halogenated alkanes) is 1. The first-order valence-electron chi connectivity index (χ1n) is 10.4. The van der Waals surface area contributed by atoms with Gasteiger partial charge >= 0.3 is 0 Å². The van der Waals surface area contributed by atoms with Crippen LogP contribution in [0.1, 0.15) is 49.8 Å². The molecule has 1 saturated heterocycles. The third-order valence-corrected chi connectivity index (χ3v) is 5.53. The van der Waals surface area contributed by atoms with E-state index in [0.29, 0.717) is 19.4 Å². The number of ether oxygens (including phenoxy) is 1. The van der Waals surface area contributed by atoms with E-state index in [2.05, 4.69) is 12.2 Å². The molecular formula is C24H30N2O3. The van der Waals surface area contributed by atoms with Crippen LogP contribution in [0.4, 0.5) is 5.69 Å². The van der Waals surface area contributed by atoms with Crippen molar-refractivity contribution in [3.05, 3.63) is 59.7 Å². The van der Waals surface area contributed by atoms with E-state index < -0.39 is 0 Å². The van der Waals surface area contributed by atoms with E-state index in [-0.39, 0.29) is 23.8 Å². The molecule has 0 spiro atoms. The van der Waals surface area contributed by atoms with E-state index >= 15 is 0 Å². The number of piperidine rings is 1. The van der Waals surface area contributed by atoms with Crippen LogP contribution in [-0.4, -0.2) is 25.5 Å². The number of rotatable bonds is 7. The van der Waals surface area contributed by atoms with Gasteiger partial charge in [0.15, 0.2) is 0 Å². The number of benzene rings is 2. The Labute approximate surface area is 173 Å². The Balaban J connectivity index is 1.99. The number of carbonyl (C=O) groups excluding carboxylic acids is 2. The summed E-state index contributed by atoms with van der Waals surface area (Å²) in [6, 6.07) is 15.2. The zero-order chi connectivity index (χ0) is 20.8. The Morgan fingerprint density at radius 3 is 2.45 bits per heavy atom. The van der Waals surface area contributed by atoms with Crippen molar-refractivity contribution in [1.29, 1.82) is 0 Å². The van der Waals surface area contributed by atoms with E-state index in [9.17, 15) is 9.59 Å². The van der Waals surface area contributed by atoms with Gasteiger partial charge in [-0.1, -0.05) is 43.2 Å². The maximum atomic E-state index is 13.0. The minimum absolute atomic E-state index is 0.0175. The second-order valence-electron chi connectivity index (χ2n) is 7.61. The lowest BCUT2D eigenvalue weighted by atomic mass is 9.83. The third-order valence-electron chi connectivity index (χ3n) is 5.53. The third kappa shape index (κ3) is 4.78. The summed E-state index contributed by atoms with van der Waals surface area (Å²) in [6.07, 6.45) is 2.90. The molecule has 2 amide bonds. The molecule has 154 valence electrons. The van der Waals surface area contributed by atoms with Crippen molar-refractivity contribution < 1.29 is 14.3 Å². The second kappa shape index (κ2) is 9.59. The molecule has 0 saturated carbocycles. The van der Waals surface area contributed by atoms with E-state index in [1.807, 2.05) is 55.5 Å². The van der Waals surface area contributed by atoms with Crippen LogP contribution in [0, 0.1) is 12.8 Å². The molecule has 0 aromatic heterocycles. The zero-order valence-corrected chi connectivity index (χ0v) is 17.5. The smallest absolute Gasteiger partial charge is 0.227 e. The van der Waals surface area contributed by atoms with Crippen molar-refractivity contribution in [3.63, 3.8) is 0 Å². The fraction of sp³-hybridized carbons (Fsp3) is 0.417. The molecule has 0 aliphatic carbocycles. The molecule has 5 heteroatoms. The van der Waals surface area contributed by atoms with Gasteiger partial charge in [0.1, 0.15) is 5.75 Å². The average molecular weight is 395 g/mol. The van der Waals surface area contributed by atoms with Gasteiger partial charge in [0, 0.05) is 18.7 Å². The maximum absolute atomic E-state index is 13.0. The van der Waals surface area contributed by atoms with Crippen molar-refractivity contribution in [2.45, 2.75) is 45.6 Å². The van der Waals surface area contributed by atoms with Crippen LogP contribution in [0.3, 0.4) is 0 Å². The summed E-state index contributed by atoms with van der Waals surface area (Å²) in [5.41, 5.74) is 2.90. The Morgan fingerprint density at radius 1 is 1.14 bits per heavy atom. The summed E-state index contributed by atoms with van der Waals surface area (Å²) in [7, 11) is 1.63. The molecule has 29 heavy (non-hydrogen) atoms. The van der Waals surface area contributed by atoms with E-state index in [1.165, 1.54) is 0 Å². The standard InChI is InChI=1S/C24H30N2O3/c1-4-5-16-25-24(28)21-14-15-22(27)26(19-10-6-17(2)7-11-19)23(21)18-8-12-20(29-3)13-9-18/h6-13,21,23H,4-5,14-16H2,1-3H3,(H,25,28). The number of nitrogens with one attached hydrogen (secondary N) is 1. The Bertz CT molecular complexity index is 830. The maximum Gasteiger partial charge on any atom is 0.227 e. The van der Waals surface area contributed by atoms with Gasteiger partial charge in [0.25, 0.3) is 0 Å². The summed E-state index contributed by atoms with van der Waals surface area (Å²) in [5, 5.41) is 3.07. The number of carbonyl (C=O) groups is 2. The molecule has 0 radical (unpaired) electrons. The van der Waals surface area contributed by atoms with E-state index in [1.54, 1.807) is 12.0 Å². The molecule has 1 N–H and O–H groups in total. The molecule has 3 rings (SSSR count). The van der Waals surface area contributed by atoms with E-state index in [0.717, 1.165) is 35.4 Å². The molecule has 2 aromatic rings. The van der Waals surface area contributed by atoms with Crippen LogP contribution < -0.4 is 15.0 Å². The first-order valence-corrected chi connectivity index (χ1v) is 10.4. The molecule has 2 aromatic carbocycles. The summed E-state index contributed by atoms with van der Waals surface area (Å²) >= 11 is 0. The van der Waals surface area contributed by atoms with Gasteiger partial charge in [0.05, 0.1) is 19.1 Å². The highest BCUT2D eigenvalue weighted by Crippen LogP contribution is 2.40. The normalized spacial score (nSPS) is 19.1. The summed E-state index contributed by atoms with van der Waals surface area (Å²) in [6.45, 7) is 4.79. The first-order chi connectivity index (χ1) is 14.0. The largest absolute Gasteiger partial charge is 0.497 e. The van der Waals surface area contributed by atoms with Gasteiger partial charge in [-0.3, -0.25) is 9.59 Å².